The summed E-state index contributed by atoms with van der Waals surface area (Å²) < 4.78 is 0. The average molecular weight is 258 g/mol. The molecule has 1 aliphatic heterocycles. The van der Waals surface area contributed by atoms with Crippen molar-refractivity contribution < 1.29 is 0 Å². The first-order valence-electron chi connectivity index (χ1n) is 7.56. The number of benzene rings is 1. The highest BCUT2D eigenvalue weighted by molar-refractivity contribution is 5.84. The molecule has 104 valence electrons. The average Bonchev–Trinajstić information content (AvgIpc) is 2.84. The summed E-state index contributed by atoms with van der Waals surface area (Å²) in [6, 6.07) is 7.14. The first kappa shape index (κ1) is 14.1. The van der Waals surface area contributed by atoms with Crippen LogP contribution in [0.4, 0.5) is 5.69 Å². The molecule has 0 amide bonds. The lowest BCUT2D eigenvalue weighted by atomic mass is 10.0. The lowest BCUT2D eigenvalue weighted by Gasteiger charge is -2.23. The summed E-state index contributed by atoms with van der Waals surface area (Å²) >= 11 is 0. The van der Waals surface area contributed by atoms with Crippen LogP contribution in [0.5, 0.6) is 0 Å². The van der Waals surface area contributed by atoms with Crippen LogP contribution in [0.25, 0.3) is 0 Å². The number of hydrogen-bond acceptors (Lipinski definition) is 2. The second-order valence-electron chi connectivity index (χ2n) is 5.83. The van der Waals surface area contributed by atoms with E-state index < -0.39 is 0 Å². The van der Waals surface area contributed by atoms with Gasteiger partial charge in [0, 0.05) is 12.2 Å². The summed E-state index contributed by atoms with van der Waals surface area (Å²) in [5, 5.41) is 0. The predicted octanol–water partition coefficient (Wildman–Crippen LogP) is 4.07. The van der Waals surface area contributed by atoms with E-state index >= 15 is 0 Å². The van der Waals surface area contributed by atoms with Gasteiger partial charge in [-0.05, 0) is 36.3 Å². The molecule has 0 spiro atoms. The SMILES string of the molecule is CCc1cccc(CC)c1N1C=N[C@@H](CC(C)C)C1. The van der Waals surface area contributed by atoms with Crippen LogP contribution in [0.3, 0.4) is 0 Å². The quantitative estimate of drug-likeness (QED) is 0.777. The first-order chi connectivity index (χ1) is 9.15. The van der Waals surface area contributed by atoms with E-state index in [1.165, 1.54) is 23.2 Å². The fourth-order valence-electron chi connectivity index (χ4n) is 2.91. The van der Waals surface area contributed by atoms with Gasteiger partial charge in [-0.15, -0.1) is 0 Å². The standard InChI is InChI=1S/C17H26N2/c1-5-14-8-7-9-15(6-2)17(14)19-11-16(18-12-19)10-13(3)4/h7-9,12-13,16H,5-6,10-11H2,1-4H3/t16-/m0/s1. The molecule has 1 aromatic rings. The lowest BCUT2D eigenvalue weighted by Crippen LogP contribution is -2.25. The Morgan fingerprint density at radius 3 is 2.37 bits per heavy atom. The van der Waals surface area contributed by atoms with Crippen molar-refractivity contribution in [2.45, 2.75) is 53.0 Å². The number of hydrogen-bond donors (Lipinski definition) is 0. The zero-order chi connectivity index (χ0) is 13.8. The van der Waals surface area contributed by atoms with E-state index in [0.717, 1.165) is 19.4 Å². The van der Waals surface area contributed by atoms with Crippen LogP contribution in [0.2, 0.25) is 0 Å². The third kappa shape index (κ3) is 3.17. The van der Waals surface area contributed by atoms with Gasteiger partial charge >= 0.3 is 0 Å². The summed E-state index contributed by atoms with van der Waals surface area (Å²) in [6.07, 6.45) is 5.41. The van der Waals surface area contributed by atoms with Crippen molar-refractivity contribution in [1.82, 2.24) is 0 Å². The number of rotatable bonds is 5. The Hall–Kier alpha value is -1.31. The molecule has 1 atom stereocenters. The number of nitrogens with zero attached hydrogens (tertiary/aromatic N) is 2. The molecule has 0 aliphatic carbocycles. The van der Waals surface area contributed by atoms with Gasteiger partial charge in [0.25, 0.3) is 0 Å². The maximum Gasteiger partial charge on any atom is 0.0899 e. The summed E-state index contributed by atoms with van der Waals surface area (Å²) in [5.41, 5.74) is 4.29. The number of anilines is 1. The van der Waals surface area contributed by atoms with Crippen molar-refractivity contribution in [3.05, 3.63) is 29.3 Å². The summed E-state index contributed by atoms with van der Waals surface area (Å²) in [7, 11) is 0. The van der Waals surface area contributed by atoms with Gasteiger partial charge in [0.1, 0.15) is 0 Å². The van der Waals surface area contributed by atoms with Crippen molar-refractivity contribution in [2.24, 2.45) is 10.9 Å². The minimum Gasteiger partial charge on any atom is -0.330 e. The highest BCUT2D eigenvalue weighted by Crippen LogP contribution is 2.29. The monoisotopic (exact) mass is 258 g/mol. The molecule has 0 radical (unpaired) electrons. The van der Waals surface area contributed by atoms with Crippen LogP contribution < -0.4 is 4.90 Å². The van der Waals surface area contributed by atoms with Crippen LogP contribution in [0.15, 0.2) is 23.2 Å². The number of para-hydroxylation sites is 1. The van der Waals surface area contributed by atoms with E-state index in [-0.39, 0.29) is 0 Å². The number of aryl methyl sites for hydroxylation is 2. The smallest absolute Gasteiger partial charge is 0.0899 e. The third-order valence-electron chi connectivity index (χ3n) is 3.82. The Labute approximate surface area is 117 Å². The van der Waals surface area contributed by atoms with Crippen LogP contribution in [-0.4, -0.2) is 18.9 Å². The Kier molecular flexibility index (Phi) is 4.62. The molecule has 2 nitrogen and oxygen atoms in total. The van der Waals surface area contributed by atoms with Crippen LogP contribution in [0, 0.1) is 5.92 Å². The minimum atomic E-state index is 0.467. The largest absolute Gasteiger partial charge is 0.330 e. The summed E-state index contributed by atoms with van der Waals surface area (Å²) in [4.78, 5) is 7.05. The molecule has 0 unspecified atom stereocenters. The fourth-order valence-corrected chi connectivity index (χ4v) is 2.91. The molecule has 0 aromatic heterocycles. The summed E-state index contributed by atoms with van der Waals surface area (Å²) in [5.74, 6) is 0.717. The van der Waals surface area contributed by atoms with E-state index in [9.17, 15) is 0 Å². The lowest BCUT2D eigenvalue weighted by molar-refractivity contribution is 0.515. The maximum absolute atomic E-state index is 4.69. The zero-order valence-corrected chi connectivity index (χ0v) is 12.7. The van der Waals surface area contributed by atoms with Crippen molar-refractivity contribution in [1.29, 1.82) is 0 Å². The van der Waals surface area contributed by atoms with Gasteiger partial charge in [-0.1, -0.05) is 45.9 Å². The molecule has 0 fully saturated rings. The second-order valence-corrected chi connectivity index (χ2v) is 5.83. The predicted molar refractivity (Wildman–Crippen MR) is 84.3 cm³/mol. The highest BCUT2D eigenvalue weighted by Gasteiger charge is 2.22. The molecule has 1 heterocycles. The van der Waals surface area contributed by atoms with Crippen molar-refractivity contribution in [2.75, 3.05) is 11.4 Å². The van der Waals surface area contributed by atoms with Crippen LogP contribution >= 0.6 is 0 Å². The van der Waals surface area contributed by atoms with Gasteiger partial charge in [-0.25, -0.2) is 0 Å². The van der Waals surface area contributed by atoms with Crippen molar-refractivity contribution >= 4 is 12.0 Å². The van der Waals surface area contributed by atoms with E-state index in [2.05, 4.69) is 62.1 Å². The molecule has 19 heavy (non-hydrogen) atoms. The summed E-state index contributed by atoms with van der Waals surface area (Å²) in [6.45, 7) is 10.1. The molecule has 0 bridgehead atoms. The Morgan fingerprint density at radius 2 is 1.84 bits per heavy atom. The first-order valence-corrected chi connectivity index (χ1v) is 7.56. The van der Waals surface area contributed by atoms with Gasteiger partial charge in [0.2, 0.25) is 0 Å². The number of aliphatic imine (C=N–C) groups is 1. The topological polar surface area (TPSA) is 15.6 Å². The highest BCUT2D eigenvalue weighted by atomic mass is 15.2. The Balaban J connectivity index is 2.21. The molecule has 0 saturated heterocycles. The second kappa shape index (κ2) is 6.23. The van der Waals surface area contributed by atoms with Gasteiger partial charge in [0.05, 0.1) is 12.4 Å². The van der Waals surface area contributed by atoms with Crippen molar-refractivity contribution in [3.8, 4) is 0 Å². The van der Waals surface area contributed by atoms with Gasteiger partial charge < -0.3 is 4.90 Å². The molecule has 1 aliphatic rings. The fraction of sp³-hybridized carbons (Fsp3) is 0.588. The van der Waals surface area contributed by atoms with Crippen LogP contribution in [-0.2, 0) is 12.8 Å². The van der Waals surface area contributed by atoms with E-state index in [1.54, 1.807) is 0 Å². The molecule has 2 heteroatoms. The van der Waals surface area contributed by atoms with Crippen LogP contribution in [0.1, 0.15) is 45.2 Å². The molecule has 2 rings (SSSR count). The van der Waals surface area contributed by atoms with Crippen molar-refractivity contribution in [3.63, 3.8) is 0 Å². The third-order valence-corrected chi connectivity index (χ3v) is 3.82. The van der Waals surface area contributed by atoms with E-state index in [1.807, 2.05) is 0 Å². The maximum atomic E-state index is 4.69. The normalized spacial score (nSPS) is 18.6. The molecule has 0 saturated carbocycles. The molecule has 1 aromatic carbocycles. The van der Waals surface area contributed by atoms with Gasteiger partial charge in [0.15, 0.2) is 0 Å². The minimum absolute atomic E-state index is 0.467. The molecular formula is C17H26N2. The van der Waals surface area contributed by atoms with Gasteiger partial charge in [-0.3, -0.25) is 4.99 Å². The Morgan fingerprint density at radius 1 is 1.21 bits per heavy atom. The molecular weight excluding hydrogens is 232 g/mol. The van der Waals surface area contributed by atoms with Gasteiger partial charge in [-0.2, -0.15) is 0 Å². The van der Waals surface area contributed by atoms with E-state index in [0.29, 0.717) is 12.0 Å². The zero-order valence-electron chi connectivity index (χ0n) is 12.7. The Bertz CT molecular complexity index is 426. The van der Waals surface area contributed by atoms with E-state index in [4.69, 9.17) is 0 Å². The molecule has 0 N–H and O–H groups in total.